The third-order valence-corrected chi connectivity index (χ3v) is 1.96. The van der Waals surface area contributed by atoms with Crippen molar-refractivity contribution in [3.05, 3.63) is 24.0 Å². The number of nitrogens with zero attached hydrogens (tertiary/aromatic N) is 2. The number of aliphatic imine (C=N–C) groups is 1. The van der Waals surface area contributed by atoms with Crippen LogP contribution in [0.2, 0.25) is 0 Å². The van der Waals surface area contributed by atoms with E-state index in [-0.39, 0.29) is 0 Å². The molecule has 0 saturated carbocycles. The molecule has 0 aliphatic rings. The van der Waals surface area contributed by atoms with Gasteiger partial charge in [-0.05, 0) is 19.1 Å². The van der Waals surface area contributed by atoms with E-state index in [1.165, 1.54) is 0 Å². The number of hydrogen-bond donors (Lipinski definition) is 3. The van der Waals surface area contributed by atoms with Crippen LogP contribution in [0.25, 0.3) is 0 Å². The number of hydrogen-bond acceptors (Lipinski definition) is 4. The highest BCUT2D eigenvalue weighted by Gasteiger charge is 2.00. The number of rotatable bonds is 4. The molecule has 0 unspecified atom stereocenters. The summed E-state index contributed by atoms with van der Waals surface area (Å²) in [6.07, 6.45) is 1.73. The first-order valence-electron chi connectivity index (χ1n) is 4.96. The molecule has 1 rings (SSSR count). The number of nitrogens with one attached hydrogen (secondary N) is 2. The van der Waals surface area contributed by atoms with Gasteiger partial charge in [0.1, 0.15) is 0 Å². The molecule has 1 aromatic rings. The smallest absolute Gasteiger partial charge is 0.210 e. The van der Waals surface area contributed by atoms with Crippen molar-refractivity contribution >= 4 is 11.6 Å². The van der Waals surface area contributed by atoms with E-state index in [1.807, 2.05) is 19.1 Å². The molecule has 0 aliphatic carbocycles. The summed E-state index contributed by atoms with van der Waals surface area (Å²) in [6.45, 7) is 3.01. The first-order valence-corrected chi connectivity index (χ1v) is 4.96. The number of pyridine rings is 1. The lowest BCUT2D eigenvalue weighted by molar-refractivity contribution is 0.208. The monoisotopic (exact) mass is 223 g/mol. The Morgan fingerprint density at radius 1 is 1.62 bits per heavy atom. The molecule has 88 valence electrons. The summed E-state index contributed by atoms with van der Waals surface area (Å²) in [7, 11) is 1.63. The van der Waals surface area contributed by atoms with Gasteiger partial charge < -0.3 is 10.1 Å². The van der Waals surface area contributed by atoms with Gasteiger partial charge >= 0.3 is 0 Å². The van der Waals surface area contributed by atoms with Gasteiger partial charge in [-0.3, -0.25) is 10.4 Å². The van der Waals surface area contributed by atoms with E-state index in [0.717, 1.165) is 11.4 Å². The number of guanidine groups is 1. The molecule has 6 nitrogen and oxygen atoms in total. The minimum absolute atomic E-state index is 0.494. The fraction of sp³-hybridized carbons (Fsp3) is 0.400. The molecule has 0 saturated heterocycles. The van der Waals surface area contributed by atoms with Crippen molar-refractivity contribution < 1.29 is 4.74 Å². The Balaban J connectivity index is 2.63. The van der Waals surface area contributed by atoms with Gasteiger partial charge in [-0.1, -0.05) is 0 Å². The van der Waals surface area contributed by atoms with Crippen molar-refractivity contribution in [2.24, 2.45) is 10.8 Å². The molecule has 0 bridgehead atoms. The van der Waals surface area contributed by atoms with Gasteiger partial charge in [0.05, 0.1) is 24.5 Å². The Morgan fingerprint density at radius 3 is 3.06 bits per heavy atom. The Morgan fingerprint density at radius 2 is 2.44 bits per heavy atom. The van der Waals surface area contributed by atoms with Crippen LogP contribution in [0.4, 0.5) is 5.69 Å². The minimum atomic E-state index is 0.494. The third kappa shape index (κ3) is 3.84. The molecule has 4 N–H and O–H groups in total. The molecule has 1 aromatic heterocycles. The van der Waals surface area contributed by atoms with E-state index in [1.54, 1.807) is 13.3 Å². The minimum Gasteiger partial charge on any atom is -0.383 e. The lowest BCUT2D eigenvalue weighted by atomic mass is 10.3. The normalized spacial score (nSPS) is 11.3. The number of aromatic nitrogens is 1. The van der Waals surface area contributed by atoms with Crippen LogP contribution in [0, 0.1) is 6.92 Å². The molecule has 1 heterocycles. The van der Waals surface area contributed by atoms with Gasteiger partial charge in [-0.2, -0.15) is 0 Å². The van der Waals surface area contributed by atoms with E-state index in [4.69, 9.17) is 10.6 Å². The van der Waals surface area contributed by atoms with Crippen LogP contribution >= 0.6 is 0 Å². The Labute approximate surface area is 94.9 Å². The van der Waals surface area contributed by atoms with Gasteiger partial charge in [0.2, 0.25) is 5.96 Å². The van der Waals surface area contributed by atoms with E-state index in [9.17, 15) is 0 Å². The quantitative estimate of drug-likeness (QED) is 0.224. The molecular formula is C10H17N5O. The molecule has 0 spiro atoms. The highest BCUT2D eigenvalue weighted by atomic mass is 16.5. The predicted molar refractivity (Wildman–Crippen MR) is 64.1 cm³/mol. The van der Waals surface area contributed by atoms with Gasteiger partial charge in [-0.15, -0.1) is 0 Å². The standard InChI is InChI=1S/C10H17N5O/c1-8-9(4-3-5-12-8)14-10(15-11)13-6-7-16-2/h3-5H,6-7,11H2,1-2H3,(H2,13,14,15). The number of anilines is 1. The highest BCUT2D eigenvalue weighted by molar-refractivity contribution is 5.93. The second kappa shape index (κ2) is 6.76. The molecule has 0 fully saturated rings. The molecule has 0 radical (unpaired) electrons. The molecule has 0 atom stereocenters. The summed E-state index contributed by atoms with van der Waals surface area (Å²) < 4.78 is 4.89. The molecule has 6 heteroatoms. The first-order chi connectivity index (χ1) is 7.77. The Kier molecular flexibility index (Phi) is 5.24. The maximum atomic E-state index is 5.35. The maximum Gasteiger partial charge on any atom is 0.210 e. The van der Waals surface area contributed by atoms with Crippen molar-refractivity contribution in [1.82, 2.24) is 10.4 Å². The molecular weight excluding hydrogens is 206 g/mol. The lowest BCUT2D eigenvalue weighted by Gasteiger charge is -2.10. The van der Waals surface area contributed by atoms with Crippen LogP contribution in [0.3, 0.4) is 0 Å². The van der Waals surface area contributed by atoms with Gasteiger partial charge in [0.25, 0.3) is 0 Å². The second-order valence-electron chi connectivity index (χ2n) is 3.13. The molecule has 0 amide bonds. The van der Waals surface area contributed by atoms with Crippen molar-refractivity contribution in [3.8, 4) is 0 Å². The zero-order chi connectivity index (χ0) is 11.8. The van der Waals surface area contributed by atoms with Gasteiger partial charge in [0, 0.05) is 13.3 Å². The van der Waals surface area contributed by atoms with E-state index in [2.05, 4.69) is 20.7 Å². The predicted octanol–water partition coefficient (Wildman–Crippen LogP) is 0.268. The molecule has 16 heavy (non-hydrogen) atoms. The average Bonchev–Trinajstić information content (AvgIpc) is 2.30. The molecule has 0 aromatic carbocycles. The maximum absolute atomic E-state index is 5.35. The van der Waals surface area contributed by atoms with E-state index >= 15 is 0 Å². The fourth-order valence-electron chi connectivity index (χ4n) is 1.11. The first kappa shape index (κ1) is 12.4. The lowest BCUT2D eigenvalue weighted by Crippen LogP contribution is -2.36. The summed E-state index contributed by atoms with van der Waals surface area (Å²) in [5.41, 5.74) is 4.25. The number of nitrogens with two attached hydrogens (primary N) is 1. The van der Waals surface area contributed by atoms with Crippen LogP contribution in [0.15, 0.2) is 23.3 Å². The van der Waals surface area contributed by atoms with Crippen molar-refractivity contribution in [2.45, 2.75) is 6.92 Å². The second-order valence-corrected chi connectivity index (χ2v) is 3.13. The fourth-order valence-corrected chi connectivity index (χ4v) is 1.11. The van der Waals surface area contributed by atoms with Crippen LogP contribution in [-0.2, 0) is 4.74 Å². The Hall–Kier alpha value is -1.66. The SMILES string of the molecule is COCCN=C(NN)Nc1cccnc1C. The number of aryl methyl sites for hydroxylation is 1. The van der Waals surface area contributed by atoms with E-state index < -0.39 is 0 Å². The summed E-state index contributed by atoms with van der Waals surface area (Å²) in [4.78, 5) is 8.34. The number of methoxy groups -OCH3 is 1. The van der Waals surface area contributed by atoms with E-state index in [0.29, 0.717) is 19.1 Å². The average molecular weight is 223 g/mol. The van der Waals surface area contributed by atoms with Crippen molar-refractivity contribution in [1.29, 1.82) is 0 Å². The summed E-state index contributed by atoms with van der Waals surface area (Å²) in [5.74, 6) is 5.84. The summed E-state index contributed by atoms with van der Waals surface area (Å²) in [5, 5.41) is 3.05. The van der Waals surface area contributed by atoms with Crippen LogP contribution in [-0.4, -0.2) is 31.2 Å². The largest absolute Gasteiger partial charge is 0.383 e. The zero-order valence-corrected chi connectivity index (χ0v) is 9.53. The number of ether oxygens (including phenoxy) is 1. The Bertz CT molecular complexity index is 353. The highest BCUT2D eigenvalue weighted by Crippen LogP contribution is 2.09. The third-order valence-electron chi connectivity index (χ3n) is 1.96. The summed E-state index contributed by atoms with van der Waals surface area (Å²) >= 11 is 0. The van der Waals surface area contributed by atoms with Gasteiger partial charge in [-0.25, -0.2) is 10.8 Å². The van der Waals surface area contributed by atoms with Crippen LogP contribution in [0.5, 0.6) is 0 Å². The topological polar surface area (TPSA) is 84.6 Å². The van der Waals surface area contributed by atoms with Crippen LogP contribution < -0.4 is 16.6 Å². The summed E-state index contributed by atoms with van der Waals surface area (Å²) in [6, 6.07) is 3.75. The molecule has 0 aliphatic heterocycles. The van der Waals surface area contributed by atoms with Crippen LogP contribution in [0.1, 0.15) is 5.69 Å². The van der Waals surface area contributed by atoms with Gasteiger partial charge in [0.15, 0.2) is 0 Å². The van der Waals surface area contributed by atoms with Crippen molar-refractivity contribution in [3.63, 3.8) is 0 Å². The number of hydrazine groups is 1. The zero-order valence-electron chi connectivity index (χ0n) is 9.53. The van der Waals surface area contributed by atoms with Crippen molar-refractivity contribution in [2.75, 3.05) is 25.6 Å².